The lowest BCUT2D eigenvalue weighted by atomic mass is 10.1. The maximum atomic E-state index is 12.7. The van der Waals surface area contributed by atoms with Crippen molar-refractivity contribution in [3.05, 3.63) is 29.6 Å². The standard InChI is InChI=1S/C11H11FN2O/c1-2-3-6-14-11(15)9-5-4-8(12)7-10(9)13/h4-5,7H,6,13H2,1H3,(H,14,15). The molecule has 78 valence electrons. The van der Waals surface area contributed by atoms with Crippen molar-refractivity contribution in [3.8, 4) is 11.8 Å². The molecule has 0 unspecified atom stereocenters. The van der Waals surface area contributed by atoms with Crippen LogP contribution in [0.2, 0.25) is 0 Å². The summed E-state index contributed by atoms with van der Waals surface area (Å²) in [6, 6.07) is 3.65. The highest BCUT2D eigenvalue weighted by molar-refractivity contribution is 5.99. The average Bonchev–Trinajstić information content (AvgIpc) is 2.17. The van der Waals surface area contributed by atoms with Gasteiger partial charge in [-0.15, -0.1) is 5.92 Å². The first kappa shape index (κ1) is 11.1. The molecule has 0 atom stereocenters. The number of nitrogen functional groups attached to an aromatic ring is 1. The number of nitrogens with two attached hydrogens (primary N) is 1. The summed E-state index contributed by atoms with van der Waals surface area (Å²) in [6.45, 7) is 1.94. The van der Waals surface area contributed by atoms with Crippen LogP contribution in [0.4, 0.5) is 10.1 Å². The molecule has 0 saturated heterocycles. The van der Waals surface area contributed by atoms with E-state index in [4.69, 9.17) is 5.73 Å². The number of anilines is 1. The number of hydrogen-bond donors (Lipinski definition) is 2. The van der Waals surface area contributed by atoms with Crippen LogP contribution in [0.1, 0.15) is 17.3 Å². The van der Waals surface area contributed by atoms with Gasteiger partial charge >= 0.3 is 0 Å². The Labute approximate surface area is 87.5 Å². The molecule has 4 heteroatoms. The van der Waals surface area contributed by atoms with Crippen LogP contribution in [0.3, 0.4) is 0 Å². The second kappa shape index (κ2) is 5.01. The van der Waals surface area contributed by atoms with Gasteiger partial charge in [0.15, 0.2) is 0 Å². The fraction of sp³-hybridized carbons (Fsp3) is 0.182. The van der Waals surface area contributed by atoms with Crippen molar-refractivity contribution in [2.24, 2.45) is 0 Å². The SMILES string of the molecule is CC#CCNC(=O)c1ccc(F)cc1N. The van der Waals surface area contributed by atoms with Crippen molar-refractivity contribution in [1.82, 2.24) is 5.32 Å². The second-order valence-electron chi connectivity index (χ2n) is 2.84. The van der Waals surface area contributed by atoms with E-state index in [0.717, 1.165) is 6.07 Å². The van der Waals surface area contributed by atoms with Gasteiger partial charge in [0.1, 0.15) is 5.82 Å². The van der Waals surface area contributed by atoms with Crippen molar-refractivity contribution in [2.75, 3.05) is 12.3 Å². The molecule has 3 nitrogen and oxygen atoms in total. The Kier molecular flexibility index (Phi) is 3.69. The van der Waals surface area contributed by atoms with Gasteiger partial charge in [0.25, 0.3) is 5.91 Å². The first-order chi connectivity index (χ1) is 7.15. The van der Waals surface area contributed by atoms with Crippen LogP contribution in [-0.2, 0) is 0 Å². The Bertz CT molecular complexity index is 432. The lowest BCUT2D eigenvalue weighted by molar-refractivity contribution is 0.0959. The molecular weight excluding hydrogens is 195 g/mol. The molecule has 1 amide bonds. The fourth-order valence-corrected chi connectivity index (χ4v) is 1.05. The number of hydrogen-bond acceptors (Lipinski definition) is 2. The highest BCUT2D eigenvalue weighted by atomic mass is 19.1. The van der Waals surface area contributed by atoms with Gasteiger partial charge in [0.2, 0.25) is 0 Å². The molecule has 0 bridgehead atoms. The molecule has 1 rings (SSSR count). The number of amides is 1. The molecule has 0 aliphatic rings. The molecule has 3 N–H and O–H groups in total. The molecule has 0 heterocycles. The van der Waals surface area contributed by atoms with Crippen molar-refractivity contribution in [3.63, 3.8) is 0 Å². The van der Waals surface area contributed by atoms with E-state index in [2.05, 4.69) is 17.2 Å². The zero-order valence-electron chi connectivity index (χ0n) is 8.30. The highest BCUT2D eigenvalue weighted by Gasteiger charge is 2.08. The maximum Gasteiger partial charge on any atom is 0.254 e. The molecule has 15 heavy (non-hydrogen) atoms. The summed E-state index contributed by atoms with van der Waals surface area (Å²) in [5.74, 6) is 4.51. The summed E-state index contributed by atoms with van der Waals surface area (Å²) < 4.78 is 12.7. The summed E-state index contributed by atoms with van der Waals surface area (Å²) in [4.78, 5) is 11.5. The van der Waals surface area contributed by atoms with E-state index >= 15 is 0 Å². The van der Waals surface area contributed by atoms with Crippen molar-refractivity contribution < 1.29 is 9.18 Å². The van der Waals surface area contributed by atoms with Crippen molar-refractivity contribution in [1.29, 1.82) is 0 Å². The quantitative estimate of drug-likeness (QED) is 0.563. The first-order valence-corrected chi connectivity index (χ1v) is 4.38. The normalized spacial score (nSPS) is 8.93. The average molecular weight is 206 g/mol. The Hall–Kier alpha value is -2.02. The fourth-order valence-electron chi connectivity index (χ4n) is 1.05. The minimum Gasteiger partial charge on any atom is -0.398 e. The molecule has 0 aliphatic carbocycles. The monoisotopic (exact) mass is 206 g/mol. The van der Waals surface area contributed by atoms with Gasteiger partial charge in [-0.2, -0.15) is 0 Å². The molecule has 1 aromatic rings. The van der Waals surface area contributed by atoms with Crippen LogP contribution >= 0.6 is 0 Å². The third-order valence-corrected chi connectivity index (χ3v) is 1.77. The molecule has 0 saturated carbocycles. The van der Waals surface area contributed by atoms with Gasteiger partial charge < -0.3 is 11.1 Å². The molecule has 0 radical (unpaired) electrons. The number of carbonyl (C=O) groups is 1. The number of halogens is 1. The van der Waals surface area contributed by atoms with Crippen LogP contribution in [0.5, 0.6) is 0 Å². The van der Waals surface area contributed by atoms with E-state index in [1.165, 1.54) is 12.1 Å². The minimum atomic E-state index is -0.461. The Balaban J connectivity index is 2.76. The van der Waals surface area contributed by atoms with E-state index in [9.17, 15) is 9.18 Å². The number of carbonyl (C=O) groups excluding carboxylic acids is 1. The first-order valence-electron chi connectivity index (χ1n) is 4.38. The van der Waals surface area contributed by atoms with Gasteiger partial charge in [0, 0.05) is 5.69 Å². The number of nitrogens with one attached hydrogen (secondary N) is 1. The predicted octanol–water partition coefficient (Wildman–Crippen LogP) is 1.16. The van der Waals surface area contributed by atoms with Crippen LogP contribution in [-0.4, -0.2) is 12.5 Å². The zero-order valence-corrected chi connectivity index (χ0v) is 8.30. The molecule has 0 aromatic heterocycles. The van der Waals surface area contributed by atoms with Crippen LogP contribution in [0, 0.1) is 17.7 Å². The summed E-state index contributed by atoms with van der Waals surface area (Å²) >= 11 is 0. The van der Waals surface area contributed by atoms with E-state index in [0.29, 0.717) is 0 Å². The molecule has 0 spiro atoms. The van der Waals surface area contributed by atoms with E-state index in [-0.39, 0.29) is 23.7 Å². The van der Waals surface area contributed by atoms with Gasteiger partial charge in [-0.05, 0) is 25.1 Å². The summed E-state index contributed by atoms with van der Waals surface area (Å²) in [6.07, 6.45) is 0. The predicted molar refractivity (Wildman–Crippen MR) is 56.6 cm³/mol. The molecule has 0 fully saturated rings. The van der Waals surface area contributed by atoms with Crippen molar-refractivity contribution >= 4 is 11.6 Å². The third-order valence-electron chi connectivity index (χ3n) is 1.77. The van der Waals surface area contributed by atoms with Crippen molar-refractivity contribution in [2.45, 2.75) is 6.92 Å². The second-order valence-corrected chi connectivity index (χ2v) is 2.84. The Morgan fingerprint density at radius 1 is 1.60 bits per heavy atom. The minimum absolute atomic E-state index is 0.122. The Morgan fingerprint density at radius 3 is 2.93 bits per heavy atom. The van der Waals surface area contributed by atoms with E-state index in [1.54, 1.807) is 6.92 Å². The number of benzene rings is 1. The Morgan fingerprint density at radius 2 is 2.33 bits per heavy atom. The van der Waals surface area contributed by atoms with Gasteiger partial charge in [-0.25, -0.2) is 4.39 Å². The topological polar surface area (TPSA) is 55.1 Å². The lowest BCUT2D eigenvalue weighted by Crippen LogP contribution is -2.24. The van der Waals surface area contributed by atoms with Crippen LogP contribution < -0.4 is 11.1 Å². The third kappa shape index (κ3) is 2.99. The highest BCUT2D eigenvalue weighted by Crippen LogP contribution is 2.12. The summed E-state index contributed by atoms with van der Waals surface area (Å²) in [7, 11) is 0. The van der Waals surface area contributed by atoms with Crippen LogP contribution in [0.15, 0.2) is 18.2 Å². The largest absolute Gasteiger partial charge is 0.398 e. The molecule has 1 aromatic carbocycles. The zero-order chi connectivity index (χ0) is 11.3. The van der Waals surface area contributed by atoms with Crippen LogP contribution in [0.25, 0.3) is 0 Å². The summed E-state index contributed by atoms with van der Waals surface area (Å²) in [5, 5.41) is 2.55. The van der Waals surface area contributed by atoms with Gasteiger partial charge in [-0.1, -0.05) is 5.92 Å². The smallest absolute Gasteiger partial charge is 0.254 e. The maximum absolute atomic E-state index is 12.7. The summed E-state index contributed by atoms with van der Waals surface area (Å²) in [5.41, 5.74) is 5.87. The lowest BCUT2D eigenvalue weighted by Gasteiger charge is -2.04. The van der Waals surface area contributed by atoms with Gasteiger partial charge in [-0.3, -0.25) is 4.79 Å². The molecule has 0 aliphatic heterocycles. The van der Waals surface area contributed by atoms with E-state index < -0.39 is 5.82 Å². The molecular formula is C11H11FN2O. The van der Waals surface area contributed by atoms with Gasteiger partial charge in [0.05, 0.1) is 12.1 Å². The number of rotatable bonds is 2. The van der Waals surface area contributed by atoms with E-state index in [1.807, 2.05) is 0 Å².